The number of nitrogens with zero attached hydrogens (tertiary/aromatic N) is 1. The molecule has 17 heavy (non-hydrogen) atoms. The van der Waals surface area contributed by atoms with Crippen LogP contribution in [0.1, 0.15) is 30.4 Å². The van der Waals surface area contributed by atoms with Crippen LogP contribution in [-0.2, 0) is 0 Å². The Kier molecular flexibility index (Phi) is 4.06. The molecule has 1 heterocycles. The Balaban J connectivity index is 1.96. The maximum Gasteiger partial charge on any atom is 0.0423 e. The summed E-state index contributed by atoms with van der Waals surface area (Å²) in [7, 11) is 2.21. The van der Waals surface area contributed by atoms with E-state index in [9.17, 15) is 0 Å². The first kappa shape index (κ1) is 12.4. The molecule has 1 fully saturated rings. The van der Waals surface area contributed by atoms with Gasteiger partial charge in [-0.1, -0.05) is 18.2 Å². The molecule has 0 amide bonds. The fourth-order valence-corrected chi connectivity index (χ4v) is 2.87. The molecular weight excluding hydrogens is 208 g/mol. The summed E-state index contributed by atoms with van der Waals surface area (Å²) in [6, 6.07) is 7.28. The van der Waals surface area contributed by atoms with E-state index in [1.54, 1.807) is 0 Å². The summed E-state index contributed by atoms with van der Waals surface area (Å²) < 4.78 is 0. The first-order valence-electron chi connectivity index (χ1n) is 6.69. The molecule has 1 aliphatic rings. The van der Waals surface area contributed by atoms with Crippen molar-refractivity contribution in [3.63, 3.8) is 0 Å². The minimum Gasteiger partial charge on any atom is -0.374 e. The highest BCUT2D eigenvalue weighted by Gasteiger charge is 2.15. The van der Waals surface area contributed by atoms with E-state index in [1.165, 1.54) is 42.6 Å². The Morgan fingerprint density at radius 3 is 2.59 bits per heavy atom. The zero-order chi connectivity index (χ0) is 12.3. The smallest absolute Gasteiger partial charge is 0.0423 e. The second-order valence-electron chi connectivity index (χ2n) is 5.24. The predicted octanol–water partition coefficient (Wildman–Crippen LogP) is 2.88. The summed E-state index contributed by atoms with van der Waals surface area (Å²) in [6.07, 6.45) is 3.95. The van der Waals surface area contributed by atoms with E-state index in [0.29, 0.717) is 0 Å². The van der Waals surface area contributed by atoms with Gasteiger partial charge in [-0.3, -0.25) is 0 Å². The fourth-order valence-electron chi connectivity index (χ4n) is 2.87. The number of para-hydroxylation sites is 1. The summed E-state index contributed by atoms with van der Waals surface area (Å²) in [5.41, 5.74) is 4.17. The van der Waals surface area contributed by atoms with E-state index in [1.807, 2.05) is 0 Å². The lowest BCUT2D eigenvalue weighted by Gasteiger charge is -2.25. The highest BCUT2D eigenvalue weighted by molar-refractivity contribution is 5.58. The van der Waals surface area contributed by atoms with Crippen LogP contribution in [0.15, 0.2) is 18.2 Å². The number of hydrogen-bond acceptors (Lipinski definition) is 2. The number of rotatable bonds is 4. The van der Waals surface area contributed by atoms with E-state index in [4.69, 9.17) is 0 Å². The van der Waals surface area contributed by atoms with Crippen molar-refractivity contribution in [1.82, 2.24) is 5.32 Å². The minimum absolute atomic E-state index is 0.738. The maximum atomic E-state index is 3.57. The zero-order valence-corrected chi connectivity index (χ0v) is 11.3. The lowest BCUT2D eigenvalue weighted by molar-refractivity contribution is 0.558. The van der Waals surface area contributed by atoms with Gasteiger partial charge in [0.2, 0.25) is 0 Å². The minimum atomic E-state index is 0.738. The van der Waals surface area contributed by atoms with Crippen LogP contribution in [0.3, 0.4) is 0 Å². The Morgan fingerprint density at radius 2 is 2.00 bits per heavy atom. The Hall–Kier alpha value is -1.02. The lowest BCUT2D eigenvalue weighted by atomic mass is 10.1. The third-order valence-electron chi connectivity index (χ3n) is 3.80. The third kappa shape index (κ3) is 3.01. The van der Waals surface area contributed by atoms with Gasteiger partial charge in [0.05, 0.1) is 0 Å². The van der Waals surface area contributed by atoms with Crippen LogP contribution < -0.4 is 10.2 Å². The molecule has 2 rings (SSSR count). The normalized spacial score (nSPS) is 19.6. The summed E-state index contributed by atoms with van der Waals surface area (Å²) >= 11 is 0. The summed E-state index contributed by atoms with van der Waals surface area (Å²) in [4.78, 5) is 2.41. The van der Waals surface area contributed by atoms with Gasteiger partial charge in [0.15, 0.2) is 0 Å². The Labute approximate surface area is 105 Å². The van der Waals surface area contributed by atoms with Crippen LogP contribution in [0.5, 0.6) is 0 Å². The average Bonchev–Trinajstić information content (AvgIpc) is 2.79. The first-order chi connectivity index (χ1) is 8.18. The van der Waals surface area contributed by atoms with Crippen molar-refractivity contribution in [2.45, 2.75) is 39.2 Å². The molecule has 2 heteroatoms. The van der Waals surface area contributed by atoms with Crippen LogP contribution in [0, 0.1) is 13.8 Å². The summed E-state index contributed by atoms with van der Waals surface area (Å²) in [5, 5.41) is 3.57. The van der Waals surface area contributed by atoms with Gasteiger partial charge in [0.25, 0.3) is 0 Å². The van der Waals surface area contributed by atoms with Gasteiger partial charge in [0, 0.05) is 25.3 Å². The van der Waals surface area contributed by atoms with Crippen molar-refractivity contribution in [3.05, 3.63) is 29.3 Å². The predicted molar refractivity (Wildman–Crippen MR) is 74.8 cm³/mol. The molecule has 0 aromatic heterocycles. The quantitative estimate of drug-likeness (QED) is 0.858. The number of benzene rings is 1. The van der Waals surface area contributed by atoms with Crippen molar-refractivity contribution >= 4 is 5.69 Å². The van der Waals surface area contributed by atoms with E-state index < -0.39 is 0 Å². The molecule has 2 nitrogen and oxygen atoms in total. The number of hydrogen-bond donors (Lipinski definition) is 1. The molecule has 94 valence electrons. The van der Waals surface area contributed by atoms with Crippen LogP contribution >= 0.6 is 0 Å². The van der Waals surface area contributed by atoms with Crippen LogP contribution in [0.2, 0.25) is 0 Å². The molecule has 0 aliphatic carbocycles. The van der Waals surface area contributed by atoms with Crippen LogP contribution in [0.4, 0.5) is 5.69 Å². The molecule has 1 aromatic carbocycles. The number of nitrogens with one attached hydrogen (secondary N) is 1. The molecule has 0 spiro atoms. The molecular formula is C15H24N2. The molecule has 1 N–H and O–H groups in total. The maximum absolute atomic E-state index is 3.57. The Bertz CT molecular complexity index is 347. The fraction of sp³-hybridized carbons (Fsp3) is 0.600. The number of anilines is 1. The summed E-state index contributed by atoms with van der Waals surface area (Å²) in [5.74, 6) is 0. The van der Waals surface area contributed by atoms with E-state index in [-0.39, 0.29) is 0 Å². The van der Waals surface area contributed by atoms with E-state index >= 15 is 0 Å². The second kappa shape index (κ2) is 5.54. The zero-order valence-electron chi connectivity index (χ0n) is 11.3. The Morgan fingerprint density at radius 1 is 1.29 bits per heavy atom. The van der Waals surface area contributed by atoms with Crippen molar-refractivity contribution in [3.8, 4) is 0 Å². The highest BCUT2D eigenvalue weighted by Crippen LogP contribution is 2.24. The van der Waals surface area contributed by atoms with Crippen molar-refractivity contribution in [1.29, 1.82) is 0 Å². The van der Waals surface area contributed by atoms with Crippen molar-refractivity contribution in [2.24, 2.45) is 0 Å². The largest absolute Gasteiger partial charge is 0.374 e. The molecule has 0 radical (unpaired) electrons. The highest BCUT2D eigenvalue weighted by atomic mass is 15.1. The standard InChI is InChI=1S/C15H24N2/c1-12-6-4-7-13(2)15(12)17(3)11-9-14-8-5-10-16-14/h4,6-7,14,16H,5,8-11H2,1-3H3. The van der Waals surface area contributed by atoms with Gasteiger partial charge in [0.1, 0.15) is 0 Å². The average molecular weight is 232 g/mol. The molecule has 1 saturated heterocycles. The first-order valence-corrected chi connectivity index (χ1v) is 6.69. The van der Waals surface area contributed by atoms with E-state index in [0.717, 1.165) is 12.6 Å². The SMILES string of the molecule is Cc1cccc(C)c1N(C)CCC1CCCN1. The van der Waals surface area contributed by atoms with Gasteiger partial charge >= 0.3 is 0 Å². The van der Waals surface area contributed by atoms with Crippen molar-refractivity contribution in [2.75, 3.05) is 25.0 Å². The van der Waals surface area contributed by atoms with Crippen LogP contribution in [-0.4, -0.2) is 26.2 Å². The topological polar surface area (TPSA) is 15.3 Å². The third-order valence-corrected chi connectivity index (χ3v) is 3.80. The van der Waals surface area contributed by atoms with Gasteiger partial charge in [-0.05, 0) is 50.8 Å². The van der Waals surface area contributed by atoms with Gasteiger partial charge in [-0.25, -0.2) is 0 Å². The molecule has 0 saturated carbocycles. The monoisotopic (exact) mass is 232 g/mol. The second-order valence-corrected chi connectivity index (χ2v) is 5.24. The molecule has 1 atom stereocenters. The van der Waals surface area contributed by atoms with Gasteiger partial charge < -0.3 is 10.2 Å². The number of aryl methyl sites for hydroxylation is 2. The molecule has 1 aliphatic heterocycles. The molecule has 1 unspecified atom stereocenters. The van der Waals surface area contributed by atoms with E-state index in [2.05, 4.69) is 49.3 Å². The van der Waals surface area contributed by atoms with Gasteiger partial charge in [-0.2, -0.15) is 0 Å². The molecule has 1 aromatic rings. The van der Waals surface area contributed by atoms with Crippen molar-refractivity contribution < 1.29 is 0 Å². The van der Waals surface area contributed by atoms with Gasteiger partial charge in [-0.15, -0.1) is 0 Å². The lowest BCUT2D eigenvalue weighted by Crippen LogP contribution is -2.29. The van der Waals surface area contributed by atoms with Crippen LogP contribution in [0.25, 0.3) is 0 Å². The molecule has 0 bridgehead atoms. The summed E-state index contributed by atoms with van der Waals surface area (Å²) in [6.45, 7) is 6.75.